The first-order chi connectivity index (χ1) is 14.7. The Morgan fingerprint density at radius 2 is 1.65 bits per heavy atom. The molecule has 0 saturated carbocycles. The zero-order chi connectivity index (χ0) is 22.9. The van der Waals surface area contributed by atoms with Crippen LogP contribution in [0, 0.1) is 5.92 Å². The topological polar surface area (TPSA) is 105 Å². The molecule has 1 aliphatic rings. The number of benzene rings is 2. The number of rotatable bonds is 6. The molecule has 0 aromatic heterocycles. The molecule has 1 heterocycles. The third-order valence-electron chi connectivity index (χ3n) is 5.22. The van der Waals surface area contributed by atoms with Crippen LogP contribution in [-0.2, 0) is 27.3 Å². The molecular weight excluding hydrogens is 398 g/mol. The Kier molecular flexibility index (Phi) is 9.03. The predicted molar refractivity (Wildman–Crippen MR) is 117 cm³/mol. The Balaban J connectivity index is 0.000000501. The second-order valence-electron chi connectivity index (χ2n) is 8.17. The van der Waals surface area contributed by atoms with E-state index in [0.717, 1.165) is 31.7 Å². The molecular formula is C24H31NO6. The number of hydrogen-bond acceptors (Lipinski definition) is 5. The first-order valence-corrected chi connectivity index (χ1v) is 10.2. The standard InChI is InChI=1S/C22H29NO2.C2H2O4/c1-22(2)14-21(23-15-18-9-11-20(24-3)12-10-18)19(16-25-22)13-17-7-5-4-6-8-17;3-1(4)2(5)6/h4-12,19,21,23H,13-16H2,1-3H3;(H,3,4)(H,5,6). The zero-order valence-electron chi connectivity index (χ0n) is 18.2. The van der Waals surface area contributed by atoms with Crippen LogP contribution in [0.4, 0.5) is 0 Å². The summed E-state index contributed by atoms with van der Waals surface area (Å²) in [5.41, 5.74) is 2.60. The number of ether oxygens (including phenoxy) is 2. The minimum absolute atomic E-state index is 0.0647. The molecule has 31 heavy (non-hydrogen) atoms. The molecule has 1 aliphatic heterocycles. The number of carboxylic acid groups (broad SMARTS) is 2. The number of nitrogens with one attached hydrogen (secondary N) is 1. The van der Waals surface area contributed by atoms with Gasteiger partial charge in [0.2, 0.25) is 0 Å². The number of hydrogen-bond donors (Lipinski definition) is 3. The van der Waals surface area contributed by atoms with Crippen molar-refractivity contribution in [3.8, 4) is 5.75 Å². The summed E-state index contributed by atoms with van der Waals surface area (Å²) in [5.74, 6) is -2.25. The van der Waals surface area contributed by atoms with Crippen LogP contribution in [0.25, 0.3) is 0 Å². The van der Waals surface area contributed by atoms with Crippen LogP contribution in [-0.4, -0.2) is 47.5 Å². The molecule has 2 aromatic rings. The molecule has 0 aliphatic carbocycles. The van der Waals surface area contributed by atoms with Gasteiger partial charge in [-0.15, -0.1) is 0 Å². The van der Waals surface area contributed by atoms with E-state index in [1.165, 1.54) is 11.1 Å². The highest BCUT2D eigenvalue weighted by Gasteiger charge is 2.35. The maximum atomic E-state index is 9.10. The van der Waals surface area contributed by atoms with Crippen molar-refractivity contribution in [2.45, 2.75) is 44.9 Å². The highest BCUT2D eigenvalue weighted by Crippen LogP contribution is 2.30. The largest absolute Gasteiger partial charge is 0.497 e. The van der Waals surface area contributed by atoms with Crippen molar-refractivity contribution in [1.82, 2.24) is 5.32 Å². The SMILES string of the molecule is COc1ccc(CNC2CC(C)(C)OCC2Cc2ccccc2)cc1.O=C(O)C(=O)O. The van der Waals surface area contributed by atoms with E-state index < -0.39 is 11.9 Å². The van der Waals surface area contributed by atoms with Gasteiger partial charge in [-0.25, -0.2) is 9.59 Å². The fraction of sp³-hybridized carbons (Fsp3) is 0.417. The summed E-state index contributed by atoms with van der Waals surface area (Å²) < 4.78 is 11.3. The van der Waals surface area contributed by atoms with E-state index in [2.05, 4.69) is 61.6 Å². The summed E-state index contributed by atoms with van der Waals surface area (Å²) in [6, 6.07) is 19.5. The second-order valence-corrected chi connectivity index (χ2v) is 8.17. The highest BCUT2D eigenvalue weighted by molar-refractivity contribution is 6.27. The van der Waals surface area contributed by atoms with Crippen molar-refractivity contribution in [1.29, 1.82) is 0 Å². The van der Waals surface area contributed by atoms with E-state index in [9.17, 15) is 0 Å². The molecule has 0 spiro atoms. The Morgan fingerprint density at radius 3 is 2.19 bits per heavy atom. The summed E-state index contributed by atoms with van der Waals surface area (Å²) in [6.45, 7) is 6.06. The van der Waals surface area contributed by atoms with Crippen LogP contribution >= 0.6 is 0 Å². The van der Waals surface area contributed by atoms with E-state index in [4.69, 9.17) is 29.3 Å². The average Bonchev–Trinajstić information content (AvgIpc) is 2.75. The molecule has 0 amide bonds. The Bertz CT molecular complexity index is 823. The summed E-state index contributed by atoms with van der Waals surface area (Å²) in [5, 5.41) is 18.6. The molecule has 3 rings (SSSR count). The smallest absolute Gasteiger partial charge is 0.414 e. The molecule has 7 heteroatoms. The Hall–Kier alpha value is -2.90. The fourth-order valence-electron chi connectivity index (χ4n) is 3.55. The zero-order valence-corrected chi connectivity index (χ0v) is 18.2. The molecule has 1 fully saturated rings. The number of carbonyl (C=O) groups is 2. The molecule has 3 N–H and O–H groups in total. The minimum atomic E-state index is -1.82. The number of methoxy groups -OCH3 is 1. The number of aliphatic carboxylic acids is 2. The predicted octanol–water partition coefficient (Wildman–Crippen LogP) is 3.37. The van der Waals surface area contributed by atoms with Gasteiger partial charge in [-0.1, -0.05) is 42.5 Å². The lowest BCUT2D eigenvalue weighted by Gasteiger charge is -2.41. The van der Waals surface area contributed by atoms with Gasteiger partial charge in [-0.05, 0) is 49.9 Å². The molecule has 0 bridgehead atoms. The quantitative estimate of drug-likeness (QED) is 0.605. The second kappa shape index (κ2) is 11.5. The van der Waals surface area contributed by atoms with Crippen molar-refractivity contribution >= 4 is 11.9 Å². The lowest BCUT2D eigenvalue weighted by molar-refractivity contribution is -0.159. The van der Waals surface area contributed by atoms with Crippen LogP contribution in [0.2, 0.25) is 0 Å². The fourth-order valence-corrected chi connectivity index (χ4v) is 3.55. The number of carboxylic acids is 2. The van der Waals surface area contributed by atoms with Crippen LogP contribution in [0.1, 0.15) is 31.4 Å². The summed E-state index contributed by atoms with van der Waals surface area (Å²) in [4.78, 5) is 18.2. The van der Waals surface area contributed by atoms with Gasteiger partial charge in [-0.3, -0.25) is 0 Å². The van der Waals surface area contributed by atoms with E-state index in [1.807, 2.05) is 12.1 Å². The van der Waals surface area contributed by atoms with Gasteiger partial charge >= 0.3 is 11.9 Å². The van der Waals surface area contributed by atoms with E-state index in [0.29, 0.717) is 12.0 Å². The Morgan fingerprint density at radius 1 is 1.03 bits per heavy atom. The van der Waals surface area contributed by atoms with Crippen LogP contribution < -0.4 is 10.1 Å². The molecule has 1 saturated heterocycles. The van der Waals surface area contributed by atoms with Crippen molar-refractivity contribution in [3.05, 3.63) is 65.7 Å². The molecule has 168 valence electrons. The van der Waals surface area contributed by atoms with E-state index in [-0.39, 0.29) is 5.60 Å². The monoisotopic (exact) mass is 429 g/mol. The van der Waals surface area contributed by atoms with Crippen LogP contribution in [0.3, 0.4) is 0 Å². The van der Waals surface area contributed by atoms with Crippen molar-refractivity contribution < 1.29 is 29.3 Å². The van der Waals surface area contributed by atoms with Gasteiger partial charge < -0.3 is 25.0 Å². The Labute approximate surface area is 183 Å². The third kappa shape index (κ3) is 8.39. The molecule has 2 atom stereocenters. The third-order valence-corrected chi connectivity index (χ3v) is 5.22. The first kappa shape index (κ1) is 24.4. The highest BCUT2D eigenvalue weighted by atomic mass is 16.5. The van der Waals surface area contributed by atoms with Gasteiger partial charge in [0, 0.05) is 18.5 Å². The first-order valence-electron chi connectivity index (χ1n) is 10.2. The van der Waals surface area contributed by atoms with Crippen molar-refractivity contribution in [3.63, 3.8) is 0 Å². The average molecular weight is 430 g/mol. The molecule has 0 radical (unpaired) electrons. The lowest BCUT2D eigenvalue weighted by atomic mass is 9.83. The lowest BCUT2D eigenvalue weighted by Crippen LogP contribution is -2.50. The maximum absolute atomic E-state index is 9.10. The van der Waals surface area contributed by atoms with Gasteiger partial charge in [0.15, 0.2) is 0 Å². The van der Waals surface area contributed by atoms with Gasteiger partial charge in [0.25, 0.3) is 0 Å². The maximum Gasteiger partial charge on any atom is 0.414 e. The summed E-state index contributed by atoms with van der Waals surface area (Å²) in [7, 11) is 1.70. The van der Waals surface area contributed by atoms with Crippen molar-refractivity contribution in [2.24, 2.45) is 5.92 Å². The molecule has 7 nitrogen and oxygen atoms in total. The normalized spacial score (nSPS) is 19.6. The van der Waals surface area contributed by atoms with Gasteiger partial charge in [0.1, 0.15) is 5.75 Å². The van der Waals surface area contributed by atoms with Gasteiger partial charge in [-0.2, -0.15) is 0 Å². The minimum Gasteiger partial charge on any atom is -0.497 e. The molecule has 2 unspecified atom stereocenters. The van der Waals surface area contributed by atoms with E-state index >= 15 is 0 Å². The molecule has 2 aromatic carbocycles. The van der Waals surface area contributed by atoms with Crippen molar-refractivity contribution in [2.75, 3.05) is 13.7 Å². The summed E-state index contributed by atoms with van der Waals surface area (Å²) >= 11 is 0. The van der Waals surface area contributed by atoms with E-state index in [1.54, 1.807) is 7.11 Å². The van der Waals surface area contributed by atoms with Crippen LogP contribution in [0.5, 0.6) is 5.75 Å². The summed E-state index contributed by atoms with van der Waals surface area (Å²) in [6.07, 6.45) is 2.08. The van der Waals surface area contributed by atoms with Crippen LogP contribution in [0.15, 0.2) is 54.6 Å². The van der Waals surface area contributed by atoms with Gasteiger partial charge in [0.05, 0.1) is 19.3 Å².